The molecule has 0 bridgehead atoms. The van der Waals surface area contributed by atoms with E-state index in [9.17, 15) is 8.78 Å². The van der Waals surface area contributed by atoms with E-state index in [0.29, 0.717) is 12.0 Å². The summed E-state index contributed by atoms with van der Waals surface area (Å²) in [5.41, 5.74) is 0.162. The molecule has 0 saturated heterocycles. The van der Waals surface area contributed by atoms with Gasteiger partial charge in [0, 0.05) is 17.6 Å². The monoisotopic (exact) mass is 267 g/mol. The second kappa shape index (κ2) is 6.00. The van der Waals surface area contributed by atoms with Gasteiger partial charge >= 0.3 is 0 Å². The molecule has 3 heteroatoms. The third kappa shape index (κ3) is 2.97. The molecule has 1 aliphatic rings. The quantitative estimate of drug-likeness (QED) is 0.850. The molecule has 1 aromatic carbocycles. The SMILES string of the molecule is CCC1CCC(NC(C)c2c(F)cccc2F)C1C. The molecule has 1 aliphatic carbocycles. The summed E-state index contributed by atoms with van der Waals surface area (Å²) in [7, 11) is 0. The van der Waals surface area contributed by atoms with Crippen molar-refractivity contribution in [2.75, 3.05) is 0 Å². The van der Waals surface area contributed by atoms with E-state index in [1.165, 1.54) is 31.0 Å². The molecule has 1 aromatic rings. The zero-order chi connectivity index (χ0) is 14.0. The first-order valence-electron chi connectivity index (χ1n) is 7.24. The Morgan fingerprint density at radius 1 is 1.26 bits per heavy atom. The van der Waals surface area contributed by atoms with E-state index in [0.717, 1.165) is 12.3 Å². The van der Waals surface area contributed by atoms with Gasteiger partial charge in [-0.1, -0.05) is 26.3 Å². The number of nitrogens with one attached hydrogen (secondary N) is 1. The fourth-order valence-electron chi connectivity index (χ4n) is 3.39. The molecule has 1 fully saturated rings. The van der Waals surface area contributed by atoms with E-state index < -0.39 is 11.6 Å². The minimum absolute atomic E-state index is 0.162. The van der Waals surface area contributed by atoms with E-state index in [4.69, 9.17) is 0 Å². The predicted octanol–water partition coefficient (Wildman–Crippen LogP) is 4.44. The normalized spacial score (nSPS) is 28.6. The van der Waals surface area contributed by atoms with E-state index in [-0.39, 0.29) is 11.6 Å². The molecule has 1 saturated carbocycles. The van der Waals surface area contributed by atoms with E-state index in [1.807, 2.05) is 6.92 Å². The van der Waals surface area contributed by atoms with Crippen molar-refractivity contribution in [1.82, 2.24) is 5.32 Å². The number of hydrogen-bond acceptors (Lipinski definition) is 1. The summed E-state index contributed by atoms with van der Waals surface area (Å²) in [6.45, 7) is 6.29. The average molecular weight is 267 g/mol. The summed E-state index contributed by atoms with van der Waals surface area (Å²) in [6, 6.07) is 4.13. The van der Waals surface area contributed by atoms with Crippen LogP contribution in [0.1, 0.15) is 51.6 Å². The molecule has 0 heterocycles. The Morgan fingerprint density at radius 3 is 2.42 bits per heavy atom. The minimum atomic E-state index is -0.460. The number of halogens is 2. The van der Waals surface area contributed by atoms with Crippen LogP contribution in [0.25, 0.3) is 0 Å². The van der Waals surface area contributed by atoms with Crippen LogP contribution in [0.15, 0.2) is 18.2 Å². The number of hydrogen-bond donors (Lipinski definition) is 1. The van der Waals surface area contributed by atoms with Gasteiger partial charge in [-0.2, -0.15) is 0 Å². The van der Waals surface area contributed by atoms with E-state index in [1.54, 1.807) is 0 Å². The zero-order valence-electron chi connectivity index (χ0n) is 11.9. The fraction of sp³-hybridized carbons (Fsp3) is 0.625. The molecule has 0 amide bonds. The Kier molecular flexibility index (Phi) is 4.56. The lowest BCUT2D eigenvalue weighted by Gasteiger charge is -2.25. The Labute approximate surface area is 114 Å². The van der Waals surface area contributed by atoms with Crippen molar-refractivity contribution in [1.29, 1.82) is 0 Å². The summed E-state index contributed by atoms with van der Waals surface area (Å²) in [6.07, 6.45) is 3.49. The Balaban J connectivity index is 2.08. The lowest BCUT2D eigenvalue weighted by atomic mass is 9.93. The van der Waals surface area contributed by atoms with Crippen LogP contribution in [-0.4, -0.2) is 6.04 Å². The van der Waals surface area contributed by atoms with Gasteiger partial charge in [-0.25, -0.2) is 8.78 Å². The van der Waals surface area contributed by atoms with Gasteiger partial charge in [0.05, 0.1) is 0 Å². The third-order valence-corrected chi connectivity index (χ3v) is 4.65. The van der Waals surface area contributed by atoms with Crippen LogP contribution in [0.2, 0.25) is 0 Å². The summed E-state index contributed by atoms with van der Waals surface area (Å²) in [5, 5.41) is 3.41. The molecule has 2 rings (SSSR count). The second-order valence-electron chi connectivity index (χ2n) is 5.73. The molecule has 19 heavy (non-hydrogen) atoms. The van der Waals surface area contributed by atoms with Crippen molar-refractivity contribution in [3.05, 3.63) is 35.4 Å². The largest absolute Gasteiger partial charge is 0.307 e. The first kappa shape index (κ1) is 14.4. The number of benzene rings is 1. The van der Waals surface area contributed by atoms with Crippen LogP contribution in [0.5, 0.6) is 0 Å². The smallest absolute Gasteiger partial charge is 0.130 e. The van der Waals surface area contributed by atoms with Crippen LogP contribution < -0.4 is 5.32 Å². The van der Waals surface area contributed by atoms with Crippen LogP contribution in [0.3, 0.4) is 0 Å². The summed E-state index contributed by atoms with van der Waals surface area (Å²) < 4.78 is 27.5. The maximum Gasteiger partial charge on any atom is 0.130 e. The summed E-state index contributed by atoms with van der Waals surface area (Å²) in [4.78, 5) is 0. The number of rotatable bonds is 4. The topological polar surface area (TPSA) is 12.0 Å². The standard InChI is InChI=1S/C16H23F2N/c1-4-12-8-9-15(10(12)2)19-11(3)16-13(17)6-5-7-14(16)18/h5-7,10-12,15,19H,4,8-9H2,1-3H3. The molecule has 4 unspecified atom stereocenters. The Bertz CT molecular complexity index is 413. The zero-order valence-corrected chi connectivity index (χ0v) is 11.9. The van der Waals surface area contributed by atoms with Crippen molar-refractivity contribution in [2.45, 2.75) is 52.1 Å². The van der Waals surface area contributed by atoms with E-state index in [2.05, 4.69) is 19.2 Å². The molecular weight excluding hydrogens is 244 g/mol. The molecular formula is C16H23F2N. The minimum Gasteiger partial charge on any atom is -0.307 e. The highest BCUT2D eigenvalue weighted by Crippen LogP contribution is 2.35. The molecule has 1 N–H and O–H groups in total. The maximum atomic E-state index is 13.7. The predicted molar refractivity (Wildman–Crippen MR) is 73.9 cm³/mol. The third-order valence-electron chi connectivity index (χ3n) is 4.65. The fourth-order valence-corrected chi connectivity index (χ4v) is 3.39. The van der Waals surface area contributed by atoms with Gasteiger partial charge in [-0.15, -0.1) is 0 Å². The summed E-state index contributed by atoms with van der Waals surface area (Å²) in [5.74, 6) is 0.382. The van der Waals surface area contributed by atoms with Gasteiger partial charge in [-0.3, -0.25) is 0 Å². The Morgan fingerprint density at radius 2 is 1.89 bits per heavy atom. The van der Waals surface area contributed by atoms with Gasteiger partial charge in [0.15, 0.2) is 0 Å². The average Bonchev–Trinajstić information content (AvgIpc) is 2.70. The maximum absolute atomic E-state index is 13.7. The van der Waals surface area contributed by atoms with Gasteiger partial charge in [-0.05, 0) is 43.7 Å². The van der Waals surface area contributed by atoms with Crippen LogP contribution in [0, 0.1) is 23.5 Å². The van der Waals surface area contributed by atoms with Crippen LogP contribution in [0.4, 0.5) is 8.78 Å². The van der Waals surface area contributed by atoms with Crippen LogP contribution >= 0.6 is 0 Å². The molecule has 0 spiro atoms. The molecule has 4 atom stereocenters. The summed E-state index contributed by atoms with van der Waals surface area (Å²) >= 11 is 0. The van der Waals surface area contributed by atoms with Gasteiger partial charge in [0.25, 0.3) is 0 Å². The van der Waals surface area contributed by atoms with Gasteiger partial charge in [0.1, 0.15) is 11.6 Å². The van der Waals surface area contributed by atoms with Crippen molar-refractivity contribution >= 4 is 0 Å². The first-order chi connectivity index (χ1) is 9.04. The molecule has 0 aromatic heterocycles. The van der Waals surface area contributed by atoms with Crippen LogP contribution in [-0.2, 0) is 0 Å². The van der Waals surface area contributed by atoms with Crippen molar-refractivity contribution < 1.29 is 8.78 Å². The van der Waals surface area contributed by atoms with Crippen molar-refractivity contribution in [2.24, 2.45) is 11.8 Å². The lowest BCUT2D eigenvalue weighted by molar-refractivity contribution is 0.322. The van der Waals surface area contributed by atoms with Crippen molar-refractivity contribution in [3.8, 4) is 0 Å². The van der Waals surface area contributed by atoms with Gasteiger partial charge in [0.2, 0.25) is 0 Å². The lowest BCUT2D eigenvalue weighted by Crippen LogP contribution is -2.35. The molecule has 1 nitrogen and oxygen atoms in total. The van der Waals surface area contributed by atoms with Crippen molar-refractivity contribution in [3.63, 3.8) is 0 Å². The highest BCUT2D eigenvalue weighted by molar-refractivity contribution is 5.23. The van der Waals surface area contributed by atoms with Gasteiger partial charge < -0.3 is 5.32 Å². The van der Waals surface area contributed by atoms with E-state index >= 15 is 0 Å². The molecule has 0 radical (unpaired) electrons. The second-order valence-corrected chi connectivity index (χ2v) is 5.73. The molecule has 0 aliphatic heterocycles. The first-order valence-corrected chi connectivity index (χ1v) is 7.24. The Hall–Kier alpha value is -0.960. The highest BCUT2D eigenvalue weighted by atomic mass is 19.1. The molecule has 106 valence electrons. The highest BCUT2D eigenvalue weighted by Gasteiger charge is 2.32.